The first-order valence-electron chi connectivity index (χ1n) is 5.18. The van der Waals surface area contributed by atoms with E-state index in [1.807, 2.05) is 0 Å². The first kappa shape index (κ1) is 12.3. The van der Waals surface area contributed by atoms with Gasteiger partial charge in [-0.2, -0.15) is 13.2 Å². The summed E-state index contributed by atoms with van der Waals surface area (Å²) in [5.74, 6) is -1.26. The van der Waals surface area contributed by atoms with Crippen LogP contribution in [-0.2, 0) is 10.9 Å². The lowest BCUT2D eigenvalue weighted by molar-refractivity contribution is -0.142. The summed E-state index contributed by atoms with van der Waals surface area (Å²) in [5.41, 5.74) is -1.38. The van der Waals surface area contributed by atoms with Crippen molar-refractivity contribution in [2.24, 2.45) is 0 Å². The molecule has 0 spiro atoms. The third-order valence-electron chi connectivity index (χ3n) is 2.60. The van der Waals surface area contributed by atoms with Gasteiger partial charge in [0.1, 0.15) is 5.82 Å². The zero-order chi connectivity index (χ0) is 12.5. The smallest absolute Gasteiger partial charge is 0.371 e. The van der Waals surface area contributed by atoms with Gasteiger partial charge in [-0.05, 0) is 11.6 Å². The molecule has 1 aromatic rings. The van der Waals surface area contributed by atoms with Gasteiger partial charge >= 0.3 is 6.18 Å². The Labute approximate surface area is 95.6 Å². The van der Waals surface area contributed by atoms with Crippen LogP contribution in [0.2, 0.25) is 0 Å². The molecule has 2 rings (SSSR count). The molecule has 1 aromatic carbocycles. The average molecular weight is 249 g/mol. The molecular formula is C11H11F4NO. The van der Waals surface area contributed by atoms with Gasteiger partial charge in [0.15, 0.2) is 0 Å². The zero-order valence-electron chi connectivity index (χ0n) is 8.85. The Balaban J connectivity index is 2.42. The highest BCUT2D eigenvalue weighted by Gasteiger charge is 2.38. The van der Waals surface area contributed by atoms with Crippen molar-refractivity contribution in [1.29, 1.82) is 0 Å². The summed E-state index contributed by atoms with van der Waals surface area (Å²) in [6.07, 6.45) is -5.46. The van der Waals surface area contributed by atoms with Crippen LogP contribution in [0.4, 0.5) is 17.6 Å². The molecule has 0 aromatic heterocycles. The van der Waals surface area contributed by atoms with E-state index in [0.29, 0.717) is 13.2 Å². The van der Waals surface area contributed by atoms with Crippen LogP contribution in [0.25, 0.3) is 0 Å². The topological polar surface area (TPSA) is 21.3 Å². The predicted octanol–water partition coefficient (Wildman–Crippen LogP) is 2.51. The lowest BCUT2D eigenvalue weighted by atomic mass is 10.0. The second kappa shape index (κ2) is 4.62. The highest BCUT2D eigenvalue weighted by atomic mass is 19.4. The summed E-state index contributed by atoms with van der Waals surface area (Å²) in [4.78, 5) is 0. The van der Waals surface area contributed by atoms with E-state index in [1.165, 1.54) is 12.1 Å². The minimum Gasteiger partial charge on any atom is -0.371 e. The highest BCUT2D eigenvalue weighted by Crippen LogP contribution is 2.37. The first-order valence-corrected chi connectivity index (χ1v) is 5.18. The number of alkyl halides is 3. The van der Waals surface area contributed by atoms with Crippen molar-refractivity contribution in [2.45, 2.75) is 12.3 Å². The summed E-state index contributed by atoms with van der Waals surface area (Å²) in [5, 5.41) is 2.92. The second-order valence-corrected chi connectivity index (χ2v) is 3.77. The largest absolute Gasteiger partial charge is 0.419 e. The minimum atomic E-state index is -4.71. The number of benzene rings is 1. The van der Waals surface area contributed by atoms with Gasteiger partial charge in [0.25, 0.3) is 0 Å². The monoisotopic (exact) mass is 249 g/mol. The number of hydrogen-bond donors (Lipinski definition) is 1. The van der Waals surface area contributed by atoms with Gasteiger partial charge in [-0.1, -0.05) is 12.1 Å². The molecule has 0 amide bonds. The molecule has 1 fully saturated rings. The van der Waals surface area contributed by atoms with E-state index >= 15 is 0 Å². The van der Waals surface area contributed by atoms with Crippen LogP contribution in [0.5, 0.6) is 0 Å². The lowest BCUT2D eigenvalue weighted by Crippen LogP contribution is -2.34. The Bertz CT molecular complexity index is 399. The van der Waals surface area contributed by atoms with Crippen LogP contribution in [-0.4, -0.2) is 19.7 Å². The molecular weight excluding hydrogens is 238 g/mol. The molecule has 94 valence electrons. The van der Waals surface area contributed by atoms with E-state index < -0.39 is 23.7 Å². The lowest BCUT2D eigenvalue weighted by Gasteiger charge is -2.26. The van der Waals surface area contributed by atoms with Crippen LogP contribution < -0.4 is 5.32 Å². The molecule has 6 heteroatoms. The van der Waals surface area contributed by atoms with Crippen LogP contribution >= 0.6 is 0 Å². The van der Waals surface area contributed by atoms with E-state index in [-0.39, 0.29) is 12.1 Å². The Hall–Kier alpha value is -1.14. The Morgan fingerprint density at radius 3 is 2.65 bits per heavy atom. The zero-order valence-corrected chi connectivity index (χ0v) is 8.85. The van der Waals surface area contributed by atoms with E-state index in [0.717, 1.165) is 6.07 Å². The number of ether oxygens (including phenoxy) is 1. The van der Waals surface area contributed by atoms with Crippen LogP contribution in [0.15, 0.2) is 18.2 Å². The number of morpholine rings is 1. The predicted molar refractivity (Wildman–Crippen MR) is 53.0 cm³/mol. The van der Waals surface area contributed by atoms with Crippen molar-refractivity contribution < 1.29 is 22.3 Å². The minimum absolute atomic E-state index is 0.148. The molecule has 0 bridgehead atoms. The Kier molecular flexibility index (Phi) is 3.35. The standard InChI is InChI=1S/C11H11F4NO/c12-8-3-1-2-7(10(8)11(13,14)15)9-6-16-4-5-17-9/h1-3,9,16H,4-6H2. The number of rotatable bonds is 1. The fraction of sp³-hybridized carbons (Fsp3) is 0.455. The third kappa shape index (κ3) is 2.58. The molecule has 1 aliphatic rings. The third-order valence-corrected chi connectivity index (χ3v) is 2.60. The summed E-state index contributed by atoms with van der Waals surface area (Å²) >= 11 is 0. The van der Waals surface area contributed by atoms with Gasteiger partial charge in [-0.3, -0.25) is 0 Å². The molecule has 0 radical (unpaired) electrons. The second-order valence-electron chi connectivity index (χ2n) is 3.77. The van der Waals surface area contributed by atoms with Gasteiger partial charge in [-0.25, -0.2) is 4.39 Å². The number of nitrogens with one attached hydrogen (secondary N) is 1. The van der Waals surface area contributed by atoms with Gasteiger partial charge < -0.3 is 10.1 Å². The Morgan fingerprint density at radius 2 is 2.06 bits per heavy atom. The normalized spacial score (nSPS) is 21.5. The van der Waals surface area contributed by atoms with Gasteiger partial charge in [0.05, 0.1) is 18.3 Å². The number of halogens is 4. The number of hydrogen-bond acceptors (Lipinski definition) is 2. The maximum absolute atomic E-state index is 13.3. The highest BCUT2D eigenvalue weighted by molar-refractivity contribution is 5.33. The molecule has 1 heterocycles. The molecule has 0 aliphatic carbocycles. The quantitative estimate of drug-likeness (QED) is 0.772. The van der Waals surface area contributed by atoms with Crippen molar-refractivity contribution in [2.75, 3.05) is 19.7 Å². The molecule has 1 N–H and O–H groups in total. The molecule has 1 unspecified atom stereocenters. The average Bonchev–Trinajstić information content (AvgIpc) is 2.28. The van der Waals surface area contributed by atoms with Crippen molar-refractivity contribution in [3.8, 4) is 0 Å². The Morgan fingerprint density at radius 1 is 1.29 bits per heavy atom. The van der Waals surface area contributed by atoms with Crippen LogP contribution in [0.1, 0.15) is 17.2 Å². The van der Waals surface area contributed by atoms with Crippen LogP contribution in [0.3, 0.4) is 0 Å². The van der Waals surface area contributed by atoms with Gasteiger partial charge in [-0.15, -0.1) is 0 Å². The SMILES string of the molecule is Fc1cccc(C2CNCCO2)c1C(F)(F)F. The van der Waals surface area contributed by atoms with Gasteiger partial charge in [0.2, 0.25) is 0 Å². The van der Waals surface area contributed by atoms with Crippen molar-refractivity contribution in [3.63, 3.8) is 0 Å². The fourth-order valence-corrected chi connectivity index (χ4v) is 1.87. The maximum atomic E-state index is 13.3. The molecule has 1 atom stereocenters. The molecule has 17 heavy (non-hydrogen) atoms. The summed E-state index contributed by atoms with van der Waals surface area (Å²) in [7, 11) is 0. The molecule has 0 saturated carbocycles. The van der Waals surface area contributed by atoms with E-state index in [9.17, 15) is 17.6 Å². The van der Waals surface area contributed by atoms with E-state index in [1.54, 1.807) is 0 Å². The van der Waals surface area contributed by atoms with Crippen LogP contribution in [0, 0.1) is 5.82 Å². The van der Waals surface area contributed by atoms with Crippen molar-refractivity contribution in [1.82, 2.24) is 5.32 Å². The van der Waals surface area contributed by atoms with Gasteiger partial charge in [0, 0.05) is 13.1 Å². The summed E-state index contributed by atoms with van der Waals surface area (Å²) < 4.78 is 56.8. The van der Waals surface area contributed by atoms with Crippen molar-refractivity contribution >= 4 is 0 Å². The van der Waals surface area contributed by atoms with Crippen molar-refractivity contribution in [3.05, 3.63) is 35.1 Å². The summed E-state index contributed by atoms with van der Waals surface area (Å²) in [6.45, 7) is 1.16. The van der Waals surface area contributed by atoms with E-state index in [2.05, 4.69) is 5.32 Å². The summed E-state index contributed by atoms with van der Waals surface area (Å²) in [6, 6.07) is 3.32. The molecule has 2 nitrogen and oxygen atoms in total. The fourth-order valence-electron chi connectivity index (χ4n) is 1.87. The van der Waals surface area contributed by atoms with E-state index in [4.69, 9.17) is 4.74 Å². The molecule has 1 aliphatic heterocycles. The first-order chi connectivity index (χ1) is 8.00. The maximum Gasteiger partial charge on any atom is 0.419 e. The molecule has 1 saturated heterocycles.